The van der Waals surface area contributed by atoms with Crippen LogP contribution < -0.4 is 10.1 Å². The van der Waals surface area contributed by atoms with E-state index in [9.17, 15) is 18.0 Å². The Morgan fingerprint density at radius 3 is 2.24 bits per heavy atom. The molecule has 0 spiro atoms. The molecule has 0 aromatic heterocycles. The first kappa shape index (κ1) is 24.2. The van der Waals surface area contributed by atoms with E-state index < -0.39 is 10.0 Å². The van der Waals surface area contributed by atoms with Gasteiger partial charge in [-0.15, -0.1) is 0 Å². The number of rotatable bonds is 6. The number of methoxy groups -OCH3 is 1. The number of anilines is 1. The molecule has 2 amide bonds. The molecule has 0 saturated carbocycles. The molecule has 2 saturated heterocycles. The average Bonchev–Trinajstić information content (AvgIpc) is 3.40. The maximum atomic E-state index is 13.0. The molecule has 0 unspecified atom stereocenters. The van der Waals surface area contributed by atoms with Gasteiger partial charge in [-0.2, -0.15) is 4.31 Å². The fourth-order valence-corrected chi connectivity index (χ4v) is 6.05. The van der Waals surface area contributed by atoms with Crippen LogP contribution in [0.5, 0.6) is 5.75 Å². The summed E-state index contributed by atoms with van der Waals surface area (Å²) in [4.78, 5) is 27.9. The SMILES string of the molecule is COc1ccc(S(=O)(=O)N2CCC(C(=O)Nc3cccc(C(=O)N4CCCC4)c3C)CC2)cc1. The van der Waals surface area contributed by atoms with Crippen molar-refractivity contribution in [3.05, 3.63) is 53.6 Å². The van der Waals surface area contributed by atoms with Crippen molar-refractivity contribution in [2.24, 2.45) is 5.92 Å². The predicted molar refractivity (Wildman–Crippen MR) is 129 cm³/mol. The third-order valence-electron chi connectivity index (χ3n) is 6.74. The van der Waals surface area contributed by atoms with E-state index in [0.29, 0.717) is 29.8 Å². The van der Waals surface area contributed by atoms with Crippen molar-refractivity contribution in [1.82, 2.24) is 9.21 Å². The summed E-state index contributed by atoms with van der Waals surface area (Å²) in [6.07, 6.45) is 2.92. The highest BCUT2D eigenvalue weighted by Crippen LogP contribution is 2.27. The van der Waals surface area contributed by atoms with Crippen molar-refractivity contribution in [2.75, 3.05) is 38.6 Å². The van der Waals surface area contributed by atoms with Crippen LogP contribution in [0.1, 0.15) is 41.6 Å². The van der Waals surface area contributed by atoms with Crippen LogP contribution in [0.3, 0.4) is 0 Å². The minimum Gasteiger partial charge on any atom is -0.497 e. The molecule has 0 bridgehead atoms. The van der Waals surface area contributed by atoms with Crippen LogP contribution in [-0.4, -0.2) is 62.7 Å². The Kier molecular flexibility index (Phi) is 7.23. The van der Waals surface area contributed by atoms with Crippen molar-refractivity contribution in [2.45, 2.75) is 37.5 Å². The molecule has 2 aliphatic heterocycles. The van der Waals surface area contributed by atoms with Gasteiger partial charge in [0.25, 0.3) is 5.91 Å². The van der Waals surface area contributed by atoms with Gasteiger partial charge in [-0.25, -0.2) is 8.42 Å². The van der Waals surface area contributed by atoms with Gasteiger partial charge in [-0.05, 0) is 74.6 Å². The lowest BCUT2D eigenvalue weighted by Gasteiger charge is -2.30. The van der Waals surface area contributed by atoms with E-state index in [1.807, 2.05) is 11.8 Å². The summed E-state index contributed by atoms with van der Waals surface area (Å²) in [5.41, 5.74) is 2.00. The number of sulfonamides is 1. The van der Waals surface area contributed by atoms with E-state index in [4.69, 9.17) is 4.74 Å². The van der Waals surface area contributed by atoms with Crippen molar-refractivity contribution in [3.63, 3.8) is 0 Å². The first-order valence-electron chi connectivity index (χ1n) is 11.6. The lowest BCUT2D eigenvalue weighted by atomic mass is 9.96. The van der Waals surface area contributed by atoms with Gasteiger partial charge in [0.2, 0.25) is 15.9 Å². The maximum absolute atomic E-state index is 13.0. The number of nitrogens with zero attached hydrogens (tertiary/aromatic N) is 2. The van der Waals surface area contributed by atoms with Crippen LogP contribution in [0.25, 0.3) is 0 Å². The Hall–Kier alpha value is -2.91. The molecule has 2 heterocycles. The fraction of sp³-hybridized carbons (Fsp3) is 0.440. The number of amides is 2. The van der Waals surface area contributed by atoms with Gasteiger partial charge >= 0.3 is 0 Å². The standard InChI is InChI=1S/C25H31N3O5S/c1-18-22(25(30)27-14-3-4-15-27)6-5-7-23(18)26-24(29)19-12-16-28(17-13-19)34(31,32)21-10-8-20(33-2)9-11-21/h5-11,19H,3-4,12-17H2,1-2H3,(H,26,29). The minimum atomic E-state index is -3.62. The molecule has 0 aliphatic carbocycles. The monoisotopic (exact) mass is 485 g/mol. The van der Waals surface area contributed by atoms with Gasteiger partial charge in [0, 0.05) is 43.3 Å². The molecule has 9 heteroatoms. The van der Waals surface area contributed by atoms with Crippen molar-refractivity contribution < 1.29 is 22.7 Å². The molecular weight excluding hydrogens is 454 g/mol. The van der Waals surface area contributed by atoms with Crippen LogP contribution in [0, 0.1) is 12.8 Å². The molecule has 4 rings (SSSR count). The highest BCUT2D eigenvalue weighted by molar-refractivity contribution is 7.89. The first-order chi connectivity index (χ1) is 16.3. The second-order valence-corrected chi connectivity index (χ2v) is 10.8. The Labute approximate surface area is 200 Å². The number of carbonyl (C=O) groups excluding carboxylic acids is 2. The van der Waals surface area contributed by atoms with Crippen LogP contribution in [0.2, 0.25) is 0 Å². The zero-order valence-corrected chi connectivity index (χ0v) is 20.4. The molecule has 0 radical (unpaired) electrons. The number of hydrogen-bond donors (Lipinski definition) is 1. The number of likely N-dealkylation sites (tertiary alicyclic amines) is 1. The van der Waals surface area contributed by atoms with Gasteiger partial charge in [-0.1, -0.05) is 6.07 Å². The summed E-state index contributed by atoms with van der Waals surface area (Å²) in [6.45, 7) is 3.94. The molecule has 2 aromatic carbocycles. The number of carbonyl (C=O) groups is 2. The Morgan fingerprint density at radius 1 is 0.971 bits per heavy atom. The molecule has 0 atom stereocenters. The van der Waals surface area contributed by atoms with E-state index in [1.165, 1.54) is 23.5 Å². The molecule has 1 N–H and O–H groups in total. The largest absolute Gasteiger partial charge is 0.497 e. The quantitative estimate of drug-likeness (QED) is 0.678. The third-order valence-corrected chi connectivity index (χ3v) is 8.65. The van der Waals surface area contributed by atoms with Gasteiger partial charge < -0.3 is 15.0 Å². The number of hydrogen-bond acceptors (Lipinski definition) is 5. The highest BCUT2D eigenvalue weighted by atomic mass is 32.2. The second-order valence-electron chi connectivity index (χ2n) is 8.82. The summed E-state index contributed by atoms with van der Waals surface area (Å²) in [5.74, 6) is 0.161. The summed E-state index contributed by atoms with van der Waals surface area (Å²) < 4.78 is 32.4. The Bertz CT molecular complexity index is 1150. The molecule has 182 valence electrons. The predicted octanol–water partition coefficient (Wildman–Crippen LogP) is 3.28. The summed E-state index contributed by atoms with van der Waals surface area (Å²) in [7, 11) is -2.09. The molecular formula is C25H31N3O5S. The van der Waals surface area contributed by atoms with Crippen molar-refractivity contribution >= 4 is 27.5 Å². The number of nitrogens with one attached hydrogen (secondary N) is 1. The number of benzene rings is 2. The fourth-order valence-electron chi connectivity index (χ4n) is 4.58. The smallest absolute Gasteiger partial charge is 0.254 e. The number of ether oxygens (including phenoxy) is 1. The minimum absolute atomic E-state index is 0.00291. The summed E-state index contributed by atoms with van der Waals surface area (Å²) >= 11 is 0. The lowest BCUT2D eigenvalue weighted by Crippen LogP contribution is -2.41. The molecule has 34 heavy (non-hydrogen) atoms. The normalized spacial score (nSPS) is 17.5. The second kappa shape index (κ2) is 10.1. The van der Waals surface area contributed by atoms with Crippen LogP contribution >= 0.6 is 0 Å². The summed E-state index contributed by atoms with van der Waals surface area (Å²) in [6, 6.07) is 11.7. The zero-order valence-electron chi connectivity index (χ0n) is 19.6. The topological polar surface area (TPSA) is 96.0 Å². The van der Waals surface area contributed by atoms with Gasteiger partial charge in [0.1, 0.15) is 5.75 Å². The summed E-state index contributed by atoms with van der Waals surface area (Å²) in [5, 5.41) is 2.97. The van der Waals surface area contributed by atoms with E-state index in [1.54, 1.807) is 30.3 Å². The highest BCUT2D eigenvalue weighted by Gasteiger charge is 2.32. The Balaban J connectivity index is 1.38. The average molecular weight is 486 g/mol. The molecule has 8 nitrogen and oxygen atoms in total. The van der Waals surface area contributed by atoms with E-state index in [-0.39, 0.29) is 35.7 Å². The molecule has 2 aromatic rings. The van der Waals surface area contributed by atoms with Crippen molar-refractivity contribution in [1.29, 1.82) is 0 Å². The van der Waals surface area contributed by atoms with E-state index in [0.717, 1.165) is 31.5 Å². The lowest BCUT2D eigenvalue weighted by molar-refractivity contribution is -0.120. The Morgan fingerprint density at radius 2 is 1.62 bits per heavy atom. The van der Waals surface area contributed by atoms with Crippen LogP contribution in [-0.2, 0) is 14.8 Å². The van der Waals surface area contributed by atoms with Gasteiger partial charge in [0.15, 0.2) is 0 Å². The molecule has 2 aliphatic rings. The molecule has 2 fully saturated rings. The van der Waals surface area contributed by atoms with Gasteiger partial charge in [-0.3, -0.25) is 9.59 Å². The maximum Gasteiger partial charge on any atom is 0.254 e. The zero-order chi connectivity index (χ0) is 24.3. The van der Waals surface area contributed by atoms with Gasteiger partial charge in [0.05, 0.1) is 12.0 Å². The van der Waals surface area contributed by atoms with E-state index in [2.05, 4.69) is 5.32 Å². The van der Waals surface area contributed by atoms with Crippen LogP contribution in [0.15, 0.2) is 47.4 Å². The van der Waals surface area contributed by atoms with Crippen LogP contribution in [0.4, 0.5) is 5.69 Å². The third kappa shape index (κ3) is 4.95. The van der Waals surface area contributed by atoms with E-state index >= 15 is 0 Å². The number of piperidine rings is 1. The van der Waals surface area contributed by atoms with Crippen molar-refractivity contribution in [3.8, 4) is 5.75 Å². The first-order valence-corrected chi connectivity index (χ1v) is 13.1.